The molecule has 2 rings (SSSR count). The molecule has 2 aliphatic rings. The largest absolute Gasteiger partial charge is 0.469 e. The van der Waals surface area contributed by atoms with Gasteiger partial charge in [0.25, 0.3) is 0 Å². The third-order valence-electron chi connectivity index (χ3n) is 4.14. The quantitative estimate of drug-likeness (QED) is 0.726. The van der Waals surface area contributed by atoms with Crippen molar-refractivity contribution in [2.45, 2.75) is 64.0 Å². The molecule has 0 spiro atoms. The molecule has 110 valence electrons. The Morgan fingerprint density at radius 1 is 1.53 bits per heavy atom. The number of likely N-dealkylation sites (tertiary alicyclic amines) is 1. The van der Waals surface area contributed by atoms with Crippen LogP contribution < -0.4 is 0 Å². The van der Waals surface area contributed by atoms with Crippen molar-refractivity contribution in [1.29, 1.82) is 0 Å². The molecule has 2 saturated heterocycles. The molecule has 0 aromatic rings. The van der Waals surface area contributed by atoms with E-state index in [0.29, 0.717) is 12.6 Å². The van der Waals surface area contributed by atoms with Crippen LogP contribution in [0.5, 0.6) is 0 Å². The van der Waals surface area contributed by atoms with E-state index in [9.17, 15) is 4.79 Å². The van der Waals surface area contributed by atoms with E-state index < -0.39 is 5.79 Å². The van der Waals surface area contributed by atoms with Crippen LogP contribution in [0.2, 0.25) is 0 Å². The number of nitrogens with zero attached hydrogens (tertiary/aromatic N) is 1. The lowest BCUT2D eigenvalue weighted by Gasteiger charge is -2.38. The third-order valence-corrected chi connectivity index (χ3v) is 4.14. The normalized spacial score (nSPS) is 36.1. The van der Waals surface area contributed by atoms with E-state index in [-0.39, 0.29) is 24.5 Å². The summed E-state index contributed by atoms with van der Waals surface area (Å²) in [5.41, 5.74) is 0. The van der Waals surface area contributed by atoms with Gasteiger partial charge in [0.05, 0.1) is 32.3 Å². The van der Waals surface area contributed by atoms with Crippen LogP contribution >= 0.6 is 0 Å². The van der Waals surface area contributed by atoms with Crippen molar-refractivity contribution in [1.82, 2.24) is 4.90 Å². The summed E-state index contributed by atoms with van der Waals surface area (Å²) in [7, 11) is 1.40. The monoisotopic (exact) mass is 271 g/mol. The van der Waals surface area contributed by atoms with Crippen molar-refractivity contribution in [3.63, 3.8) is 0 Å². The Kier molecular flexibility index (Phi) is 4.48. The fourth-order valence-corrected chi connectivity index (χ4v) is 3.17. The van der Waals surface area contributed by atoms with E-state index in [1.54, 1.807) is 0 Å². The van der Waals surface area contributed by atoms with Crippen LogP contribution in [0.3, 0.4) is 0 Å². The Balaban J connectivity index is 1.98. The molecule has 0 saturated carbocycles. The molecule has 0 aliphatic carbocycles. The number of hydrogen-bond donors (Lipinski definition) is 0. The Morgan fingerprint density at radius 2 is 2.26 bits per heavy atom. The van der Waals surface area contributed by atoms with Crippen LogP contribution in [-0.4, -0.2) is 55.1 Å². The second-order valence-corrected chi connectivity index (χ2v) is 5.84. The van der Waals surface area contributed by atoms with Crippen molar-refractivity contribution in [3.8, 4) is 0 Å². The number of carbonyl (C=O) groups excluding carboxylic acids is 1. The zero-order chi connectivity index (χ0) is 14.0. The molecule has 0 amide bonds. The maximum atomic E-state index is 11.3. The van der Waals surface area contributed by atoms with Crippen LogP contribution in [0.15, 0.2) is 0 Å². The average Bonchev–Trinajstić information content (AvgIpc) is 2.97. The summed E-state index contributed by atoms with van der Waals surface area (Å²) in [6, 6.07) is 0.756. The summed E-state index contributed by atoms with van der Waals surface area (Å²) < 4.78 is 16.6. The zero-order valence-corrected chi connectivity index (χ0v) is 12.3. The molecule has 3 unspecified atom stereocenters. The fraction of sp³-hybridized carbons (Fsp3) is 0.929. The summed E-state index contributed by atoms with van der Waals surface area (Å²) in [5.74, 6) is -0.843. The van der Waals surface area contributed by atoms with Crippen LogP contribution in [0.4, 0.5) is 0 Å². The van der Waals surface area contributed by atoms with E-state index >= 15 is 0 Å². The average molecular weight is 271 g/mol. The van der Waals surface area contributed by atoms with Gasteiger partial charge in [0.1, 0.15) is 0 Å². The van der Waals surface area contributed by atoms with Gasteiger partial charge < -0.3 is 14.2 Å². The van der Waals surface area contributed by atoms with Crippen molar-refractivity contribution in [2.75, 3.05) is 20.3 Å². The van der Waals surface area contributed by atoms with E-state index in [2.05, 4.69) is 23.5 Å². The Morgan fingerprint density at radius 3 is 2.89 bits per heavy atom. The van der Waals surface area contributed by atoms with E-state index in [1.165, 1.54) is 13.5 Å². The molecule has 3 atom stereocenters. The Bertz CT molecular complexity index is 333. The van der Waals surface area contributed by atoms with Gasteiger partial charge in [-0.3, -0.25) is 9.69 Å². The van der Waals surface area contributed by atoms with Gasteiger partial charge in [-0.1, -0.05) is 0 Å². The molecule has 0 bridgehead atoms. The predicted octanol–water partition coefficient (Wildman–Crippen LogP) is 1.55. The maximum absolute atomic E-state index is 11.3. The summed E-state index contributed by atoms with van der Waals surface area (Å²) in [6.45, 7) is 7.95. The molecule has 2 fully saturated rings. The van der Waals surface area contributed by atoms with Gasteiger partial charge in [-0.05, 0) is 40.2 Å². The highest BCUT2D eigenvalue weighted by molar-refractivity contribution is 5.69. The van der Waals surface area contributed by atoms with Crippen LogP contribution in [0.1, 0.15) is 40.0 Å². The second-order valence-electron chi connectivity index (χ2n) is 5.84. The molecule has 19 heavy (non-hydrogen) atoms. The highest BCUT2D eigenvalue weighted by atomic mass is 16.7. The first-order valence-corrected chi connectivity index (χ1v) is 7.10. The maximum Gasteiger partial charge on any atom is 0.308 e. The van der Waals surface area contributed by atoms with Crippen LogP contribution in [-0.2, 0) is 19.0 Å². The van der Waals surface area contributed by atoms with Crippen molar-refractivity contribution < 1.29 is 19.0 Å². The van der Waals surface area contributed by atoms with Crippen molar-refractivity contribution >= 4 is 5.97 Å². The lowest BCUT2D eigenvalue weighted by atomic mass is 10.1. The highest BCUT2D eigenvalue weighted by Gasteiger charge is 2.48. The predicted molar refractivity (Wildman–Crippen MR) is 70.7 cm³/mol. The molecular formula is C14H25NO4. The number of rotatable bonds is 4. The number of methoxy groups -OCH3 is 1. The van der Waals surface area contributed by atoms with Crippen molar-refractivity contribution in [2.24, 2.45) is 0 Å². The summed E-state index contributed by atoms with van der Waals surface area (Å²) in [5, 5.41) is 0. The molecule has 2 heterocycles. The topological polar surface area (TPSA) is 48.0 Å². The molecule has 5 heteroatoms. The number of hydrogen-bond acceptors (Lipinski definition) is 5. The molecule has 0 radical (unpaired) electrons. The van der Waals surface area contributed by atoms with Gasteiger partial charge in [-0.2, -0.15) is 0 Å². The van der Waals surface area contributed by atoms with Gasteiger partial charge in [0.15, 0.2) is 5.79 Å². The van der Waals surface area contributed by atoms with Gasteiger partial charge in [-0.25, -0.2) is 0 Å². The van der Waals surface area contributed by atoms with Gasteiger partial charge in [0, 0.05) is 6.04 Å². The molecule has 0 aromatic carbocycles. The standard InChI is InChI=1S/C14H25NO4/c1-10(2)15-7-5-6-12(15)14(3)18-9-11(19-14)8-13(16)17-4/h10-12H,5-9H2,1-4H3. The summed E-state index contributed by atoms with van der Waals surface area (Å²) >= 11 is 0. The first kappa shape index (κ1) is 14.8. The second kappa shape index (κ2) is 5.77. The third kappa shape index (κ3) is 3.09. The minimum absolute atomic E-state index is 0.188. The minimum Gasteiger partial charge on any atom is -0.469 e. The fourth-order valence-electron chi connectivity index (χ4n) is 3.17. The van der Waals surface area contributed by atoms with E-state index in [4.69, 9.17) is 9.47 Å². The van der Waals surface area contributed by atoms with Crippen LogP contribution in [0.25, 0.3) is 0 Å². The molecule has 5 nitrogen and oxygen atoms in total. The molecule has 0 N–H and O–H groups in total. The molecule has 2 aliphatic heterocycles. The van der Waals surface area contributed by atoms with Crippen LogP contribution in [0, 0.1) is 0 Å². The summed E-state index contributed by atoms with van der Waals surface area (Å²) in [4.78, 5) is 13.7. The van der Waals surface area contributed by atoms with Crippen molar-refractivity contribution in [3.05, 3.63) is 0 Å². The van der Waals surface area contributed by atoms with E-state index in [0.717, 1.165) is 13.0 Å². The number of carbonyl (C=O) groups is 1. The Hall–Kier alpha value is -0.650. The smallest absolute Gasteiger partial charge is 0.308 e. The zero-order valence-electron chi connectivity index (χ0n) is 12.3. The SMILES string of the molecule is COC(=O)CC1COC(C)(C2CCCN2C(C)C)O1. The van der Waals surface area contributed by atoms with Gasteiger partial charge in [-0.15, -0.1) is 0 Å². The number of ether oxygens (including phenoxy) is 3. The van der Waals surface area contributed by atoms with E-state index in [1.807, 2.05) is 6.92 Å². The van der Waals surface area contributed by atoms with Gasteiger partial charge in [0.2, 0.25) is 0 Å². The highest BCUT2D eigenvalue weighted by Crippen LogP contribution is 2.37. The first-order chi connectivity index (χ1) is 8.96. The molecular weight excluding hydrogens is 246 g/mol. The summed E-state index contributed by atoms with van der Waals surface area (Å²) in [6.07, 6.45) is 2.33. The number of esters is 1. The minimum atomic E-state index is -0.598. The van der Waals surface area contributed by atoms with Gasteiger partial charge >= 0.3 is 5.97 Å². The first-order valence-electron chi connectivity index (χ1n) is 7.10. The Labute approximate surface area is 115 Å². The molecule has 0 aromatic heterocycles. The lowest BCUT2D eigenvalue weighted by Crippen LogP contribution is -2.51. The lowest BCUT2D eigenvalue weighted by molar-refractivity contribution is -0.196.